The molecule has 1 aliphatic carbocycles. The maximum absolute atomic E-state index is 11.5. The molecule has 0 spiro atoms. The van der Waals surface area contributed by atoms with Gasteiger partial charge in [-0.15, -0.1) is 0 Å². The van der Waals surface area contributed by atoms with Crippen LogP contribution in [-0.2, 0) is 0 Å². The first-order valence-corrected chi connectivity index (χ1v) is 9.75. The number of nitriles is 2. The normalized spacial score (nSPS) is 13.7. The maximum atomic E-state index is 11.5. The number of fused-ring (bicyclic) bond motifs is 1. The molecule has 1 aliphatic rings. The van der Waals surface area contributed by atoms with Crippen LogP contribution in [0, 0.1) is 36.5 Å². The second-order valence-electron chi connectivity index (χ2n) is 7.49. The van der Waals surface area contributed by atoms with Gasteiger partial charge in [0, 0.05) is 11.1 Å². The number of nitrogens with zero attached hydrogens (tertiary/aromatic N) is 3. The minimum Gasteiger partial charge on any atom is -0.478 e. The van der Waals surface area contributed by atoms with Crippen LogP contribution in [0.4, 0.5) is 5.82 Å². The zero-order valence-corrected chi connectivity index (χ0v) is 17.6. The molecule has 32 heavy (non-hydrogen) atoms. The molecule has 0 bridgehead atoms. The summed E-state index contributed by atoms with van der Waals surface area (Å²) >= 11 is 0. The molecule has 0 atom stereocenters. The number of pyridine rings is 1. The molecule has 0 radical (unpaired) electrons. The lowest BCUT2D eigenvalue weighted by molar-refractivity contribution is 0.0696. The number of carboxylic acids is 1. The summed E-state index contributed by atoms with van der Waals surface area (Å²) in [4.78, 5) is 15.8. The van der Waals surface area contributed by atoms with Gasteiger partial charge in [0.05, 0.1) is 22.4 Å². The Morgan fingerprint density at radius 1 is 1.12 bits per heavy atom. The summed E-state index contributed by atoms with van der Waals surface area (Å²) in [7, 11) is 0. The van der Waals surface area contributed by atoms with E-state index in [9.17, 15) is 20.4 Å². The van der Waals surface area contributed by atoms with Crippen LogP contribution in [0.25, 0.3) is 28.5 Å². The number of carbonyl (C=O) groups is 1. The van der Waals surface area contributed by atoms with Gasteiger partial charge in [0.1, 0.15) is 29.5 Å². The monoisotopic (exact) mass is 422 g/mol. The molecule has 1 aromatic carbocycles. The molecule has 156 valence electrons. The topological polar surface area (TPSA) is 137 Å². The molecule has 0 fully saturated rings. The van der Waals surface area contributed by atoms with Crippen LogP contribution < -0.4 is 5.73 Å². The Kier molecular flexibility index (Phi) is 4.88. The van der Waals surface area contributed by atoms with E-state index in [0.717, 1.165) is 11.1 Å². The van der Waals surface area contributed by atoms with Crippen LogP contribution in [0.2, 0.25) is 0 Å². The van der Waals surface area contributed by atoms with Crippen LogP contribution in [-0.4, -0.2) is 16.1 Å². The molecule has 2 heterocycles. The van der Waals surface area contributed by atoms with Crippen molar-refractivity contribution >= 4 is 29.0 Å². The largest absolute Gasteiger partial charge is 0.478 e. The summed E-state index contributed by atoms with van der Waals surface area (Å²) in [5.74, 6) is 0.151. The van der Waals surface area contributed by atoms with E-state index in [1.807, 2.05) is 6.92 Å². The van der Waals surface area contributed by atoms with E-state index in [-0.39, 0.29) is 16.9 Å². The van der Waals surface area contributed by atoms with E-state index >= 15 is 0 Å². The molecule has 0 aliphatic heterocycles. The Bertz CT molecular complexity index is 1460. The van der Waals surface area contributed by atoms with Crippen LogP contribution in [0.5, 0.6) is 0 Å². The lowest BCUT2D eigenvalue weighted by atomic mass is 9.96. The van der Waals surface area contributed by atoms with Gasteiger partial charge in [-0.3, -0.25) is 0 Å². The number of anilines is 1. The Balaban J connectivity index is 1.86. The molecule has 0 saturated carbocycles. The summed E-state index contributed by atoms with van der Waals surface area (Å²) in [5, 5.41) is 28.5. The smallest absolute Gasteiger partial charge is 0.335 e. The van der Waals surface area contributed by atoms with Crippen molar-refractivity contribution in [1.29, 1.82) is 10.5 Å². The summed E-state index contributed by atoms with van der Waals surface area (Å²) in [6.45, 7) is 5.34. The summed E-state index contributed by atoms with van der Waals surface area (Å²) in [6.07, 6.45) is 1.80. The number of aromatic nitrogens is 1. The van der Waals surface area contributed by atoms with Crippen LogP contribution in [0.1, 0.15) is 51.0 Å². The van der Waals surface area contributed by atoms with E-state index in [1.54, 1.807) is 50.3 Å². The molecule has 4 rings (SSSR count). The highest BCUT2D eigenvalue weighted by Gasteiger charge is 2.30. The number of aromatic carboxylic acids is 1. The highest BCUT2D eigenvalue weighted by molar-refractivity contribution is 6.08. The predicted molar refractivity (Wildman–Crippen MR) is 120 cm³/mol. The zero-order valence-electron chi connectivity index (χ0n) is 17.6. The molecule has 0 saturated heterocycles. The van der Waals surface area contributed by atoms with Crippen LogP contribution in [0.3, 0.4) is 0 Å². The first kappa shape index (κ1) is 20.6. The second kappa shape index (κ2) is 7.57. The van der Waals surface area contributed by atoms with Gasteiger partial charge in [-0.2, -0.15) is 10.5 Å². The lowest BCUT2D eigenvalue weighted by Crippen LogP contribution is -2.03. The first-order chi connectivity index (χ1) is 15.3. The number of nitrogen functional groups attached to an aromatic ring is 1. The van der Waals surface area contributed by atoms with Crippen molar-refractivity contribution < 1.29 is 14.3 Å². The van der Waals surface area contributed by atoms with E-state index in [0.29, 0.717) is 45.0 Å². The molecule has 3 N–H and O–H groups in total. The highest BCUT2D eigenvalue weighted by atomic mass is 16.4. The minimum atomic E-state index is -0.999. The van der Waals surface area contributed by atoms with Crippen molar-refractivity contribution in [3.8, 4) is 23.5 Å². The van der Waals surface area contributed by atoms with E-state index < -0.39 is 5.97 Å². The Morgan fingerprint density at radius 3 is 2.53 bits per heavy atom. The molecule has 0 unspecified atom stereocenters. The lowest BCUT2D eigenvalue weighted by Gasteiger charge is -2.10. The molecule has 7 heteroatoms. The maximum Gasteiger partial charge on any atom is 0.335 e. The number of carboxylic acid groups (broad SMARTS) is 1. The number of hydrogen-bond donors (Lipinski definition) is 2. The number of hydrogen-bond acceptors (Lipinski definition) is 6. The van der Waals surface area contributed by atoms with Crippen LogP contribution in [0.15, 0.2) is 40.3 Å². The van der Waals surface area contributed by atoms with Gasteiger partial charge in [-0.05, 0) is 67.3 Å². The van der Waals surface area contributed by atoms with Gasteiger partial charge in [-0.25, -0.2) is 9.78 Å². The second-order valence-corrected chi connectivity index (χ2v) is 7.49. The summed E-state index contributed by atoms with van der Waals surface area (Å²) in [6, 6.07) is 12.8. The van der Waals surface area contributed by atoms with E-state index in [4.69, 9.17) is 10.2 Å². The van der Waals surface area contributed by atoms with Crippen molar-refractivity contribution in [3.63, 3.8) is 0 Å². The fourth-order valence-electron chi connectivity index (χ4n) is 4.05. The zero-order chi connectivity index (χ0) is 23.2. The molecular weight excluding hydrogens is 404 g/mol. The minimum absolute atomic E-state index is 0.0969. The van der Waals surface area contributed by atoms with E-state index in [1.165, 1.54) is 0 Å². The van der Waals surface area contributed by atoms with Gasteiger partial charge in [-0.1, -0.05) is 12.1 Å². The number of benzene rings is 1. The average molecular weight is 422 g/mol. The number of furan rings is 1. The number of rotatable bonds is 3. The fourth-order valence-corrected chi connectivity index (χ4v) is 4.05. The van der Waals surface area contributed by atoms with Crippen molar-refractivity contribution in [3.05, 3.63) is 75.2 Å². The van der Waals surface area contributed by atoms with Gasteiger partial charge in [0.25, 0.3) is 0 Å². The van der Waals surface area contributed by atoms with Crippen LogP contribution >= 0.6 is 0 Å². The predicted octanol–water partition coefficient (Wildman–Crippen LogP) is 4.96. The first-order valence-electron chi connectivity index (χ1n) is 9.75. The quantitative estimate of drug-likeness (QED) is 0.608. The summed E-state index contributed by atoms with van der Waals surface area (Å²) in [5.41, 5.74) is 11.4. The third-order valence-electron chi connectivity index (χ3n) is 5.73. The van der Waals surface area contributed by atoms with Gasteiger partial charge in [0.15, 0.2) is 0 Å². The van der Waals surface area contributed by atoms with Gasteiger partial charge in [0.2, 0.25) is 0 Å². The van der Waals surface area contributed by atoms with Crippen molar-refractivity contribution in [2.75, 3.05) is 5.73 Å². The molecule has 2 aromatic heterocycles. The van der Waals surface area contributed by atoms with Gasteiger partial charge < -0.3 is 15.3 Å². The third kappa shape index (κ3) is 3.05. The summed E-state index contributed by atoms with van der Waals surface area (Å²) < 4.78 is 6.01. The SMILES string of the molecule is CC1=C(C#N)c2nc(N)c(C#N)c(C)c2/C1=C/c1ccc(-c2cccc(C(=O)O)c2C)o1. The molecule has 7 nitrogen and oxygen atoms in total. The van der Waals surface area contributed by atoms with E-state index in [2.05, 4.69) is 17.1 Å². The fraction of sp³-hybridized carbons (Fsp3) is 0.120. The Labute approximate surface area is 184 Å². The molecular formula is C25H18N4O3. The molecule has 0 amide bonds. The van der Waals surface area contributed by atoms with Crippen molar-refractivity contribution in [2.45, 2.75) is 20.8 Å². The number of allylic oxidation sites excluding steroid dienone is 3. The molecule has 3 aromatic rings. The average Bonchev–Trinajstić information content (AvgIpc) is 3.31. The Morgan fingerprint density at radius 2 is 1.88 bits per heavy atom. The third-order valence-corrected chi connectivity index (χ3v) is 5.73. The van der Waals surface area contributed by atoms with Gasteiger partial charge >= 0.3 is 5.97 Å². The number of nitrogens with two attached hydrogens (primary N) is 1. The van der Waals surface area contributed by atoms with Crippen molar-refractivity contribution in [2.24, 2.45) is 0 Å². The Hall–Kier alpha value is -4.62. The van der Waals surface area contributed by atoms with Crippen molar-refractivity contribution in [1.82, 2.24) is 4.98 Å². The standard InChI is InChI=1S/C25H18N4O3/c1-12-16(5-4-6-17(12)25(30)31)21-8-7-15(32-21)9-18-13(2)19(10-26)23-22(18)14(3)20(11-27)24(28)29-23/h4-9H,1-3H3,(H2,28,29)(H,30,31)/b18-9+. The highest BCUT2D eigenvalue weighted by Crippen LogP contribution is 2.44.